The van der Waals surface area contributed by atoms with Gasteiger partial charge >= 0.3 is 0 Å². The Morgan fingerprint density at radius 2 is 2.30 bits per heavy atom. The summed E-state index contributed by atoms with van der Waals surface area (Å²) in [5.74, 6) is 2.35. The van der Waals surface area contributed by atoms with Crippen molar-refractivity contribution in [3.8, 4) is 0 Å². The van der Waals surface area contributed by atoms with Gasteiger partial charge in [0.15, 0.2) is 5.96 Å². The molecule has 2 rings (SSSR count). The lowest BCUT2D eigenvalue weighted by molar-refractivity contribution is 0.105. The van der Waals surface area contributed by atoms with E-state index in [1.165, 1.54) is 12.8 Å². The van der Waals surface area contributed by atoms with Crippen LogP contribution in [0.25, 0.3) is 0 Å². The molecule has 0 spiro atoms. The summed E-state index contributed by atoms with van der Waals surface area (Å²) in [7, 11) is 0. The zero-order valence-electron chi connectivity index (χ0n) is 12.3. The van der Waals surface area contributed by atoms with Crippen LogP contribution in [0.4, 0.5) is 0 Å². The number of rotatable bonds is 6. The summed E-state index contributed by atoms with van der Waals surface area (Å²) in [6.45, 7) is 6.28. The van der Waals surface area contributed by atoms with Crippen molar-refractivity contribution in [2.24, 2.45) is 16.6 Å². The van der Waals surface area contributed by atoms with E-state index in [0.717, 1.165) is 37.7 Å². The smallest absolute Gasteiger partial charge is 0.191 e. The fraction of sp³-hybridized carbons (Fsp3) is 0.667. The molecule has 5 heteroatoms. The molecule has 0 bridgehead atoms. The summed E-state index contributed by atoms with van der Waals surface area (Å²) < 4.78 is 10.7. The first-order chi connectivity index (χ1) is 9.75. The van der Waals surface area contributed by atoms with E-state index in [9.17, 15) is 0 Å². The number of guanidine groups is 1. The maximum Gasteiger partial charge on any atom is 0.191 e. The molecule has 0 radical (unpaired) electrons. The van der Waals surface area contributed by atoms with E-state index in [1.807, 2.05) is 12.1 Å². The van der Waals surface area contributed by atoms with Crippen molar-refractivity contribution in [1.82, 2.24) is 4.90 Å². The standard InChI is InChI=1S/C15H25N3O2/c1-13-5-8-18(9-6-13)15(16)17-7-3-10-19-12-14-4-2-11-20-14/h2,4,11,13H,3,5-10,12H2,1H3,(H2,16,17). The van der Waals surface area contributed by atoms with Crippen molar-refractivity contribution in [2.45, 2.75) is 32.8 Å². The fourth-order valence-electron chi connectivity index (χ4n) is 2.27. The lowest BCUT2D eigenvalue weighted by atomic mass is 10.00. The van der Waals surface area contributed by atoms with Gasteiger partial charge in [0.05, 0.1) is 6.26 Å². The van der Waals surface area contributed by atoms with Gasteiger partial charge in [0.2, 0.25) is 0 Å². The molecule has 1 aliphatic heterocycles. The molecule has 2 N–H and O–H groups in total. The minimum Gasteiger partial charge on any atom is -0.467 e. The maximum atomic E-state index is 6.01. The van der Waals surface area contributed by atoms with E-state index in [-0.39, 0.29) is 0 Å². The minimum atomic E-state index is 0.524. The molecule has 0 atom stereocenters. The first kappa shape index (κ1) is 14.9. The third-order valence-corrected chi connectivity index (χ3v) is 3.65. The maximum absolute atomic E-state index is 6.01. The van der Waals surface area contributed by atoms with Crippen LogP contribution in [-0.2, 0) is 11.3 Å². The molecule has 0 aromatic carbocycles. The SMILES string of the molecule is CC1CCN(C(N)=NCCCOCc2ccco2)CC1. The van der Waals surface area contributed by atoms with E-state index in [4.69, 9.17) is 14.9 Å². The van der Waals surface area contributed by atoms with Crippen LogP contribution in [0.1, 0.15) is 31.9 Å². The molecular weight excluding hydrogens is 254 g/mol. The van der Waals surface area contributed by atoms with Gasteiger partial charge in [0, 0.05) is 26.2 Å². The summed E-state index contributed by atoms with van der Waals surface area (Å²) in [6, 6.07) is 3.77. The monoisotopic (exact) mass is 279 g/mol. The summed E-state index contributed by atoms with van der Waals surface area (Å²) in [5.41, 5.74) is 6.01. The zero-order valence-corrected chi connectivity index (χ0v) is 12.3. The van der Waals surface area contributed by atoms with E-state index in [0.29, 0.717) is 19.2 Å². The van der Waals surface area contributed by atoms with Gasteiger partial charge in [0.1, 0.15) is 12.4 Å². The van der Waals surface area contributed by atoms with Crippen LogP contribution in [0.3, 0.4) is 0 Å². The van der Waals surface area contributed by atoms with Crippen LogP contribution in [-0.4, -0.2) is 37.1 Å². The van der Waals surface area contributed by atoms with Crippen molar-refractivity contribution in [2.75, 3.05) is 26.2 Å². The predicted octanol–water partition coefficient (Wildman–Crippen LogP) is 2.23. The quantitative estimate of drug-likeness (QED) is 0.493. The Morgan fingerprint density at radius 3 is 3.00 bits per heavy atom. The molecule has 2 heterocycles. The van der Waals surface area contributed by atoms with Crippen molar-refractivity contribution in [1.29, 1.82) is 0 Å². The number of aliphatic imine (C=N–C) groups is 1. The Morgan fingerprint density at radius 1 is 1.50 bits per heavy atom. The normalized spacial score (nSPS) is 17.6. The lowest BCUT2D eigenvalue weighted by Gasteiger charge is -2.31. The number of nitrogens with zero attached hydrogens (tertiary/aromatic N) is 2. The molecule has 20 heavy (non-hydrogen) atoms. The third-order valence-electron chi connectivity index (χ3n) is 3.65. The molecule has 0 aliphatic carbocycles. The summed E-state index contributed by atoms with van der Waals surface area (Å²) in [5, 5.41) is 0. The van der Waals surface area contributed by atoms with E-state index < -0.39 is 0 Å². The predicted molar refractivity (Wildman–Crippen MR) is 79.4 cm³/mol. The van der Waals surface area contributed by atoms with Gasteiger partial charge in [-0.25, -0.2) is 0 Å². The van der Waals surface area contributed by atoms with Crippen molar-refractivity contribution < 1.29 is 9.15 Å². The molecule has 1 aromatic rings. The number of nitrogens with two attached hydrogens (primary N) is 1. The second-order valence-corrected chi connectivity index (χ2v) is 5.39. The van der Waals surface area contributed by atoms with Crippen LogP contribution in [0.2, 0.25) is 0 Å². The number of likely N-dealkylation sites (tertiary alicyclic amines) is 1. The summed E-state index contributed by atoms with van der Waals surface area (Å²) in [6.07, 6.45) is 4.96. The van der Waals surface area contributed by atoms with Gasteiger partial charge in [-0.15, -0.1) is 0 Å². The molecule has 1 fully saturated rings. The van der Waals surface area contributed by atoms with Crippen LogP contribution in [0.15, 0.2) is 27.8 Å². The Bertz CT molecular complexity index is 395. The van der Waals surface area contributed by atoms with Gasteiger partial charge in [0.25, 0.3) is 0 Å². The van der Waals surface area contributed by atoms with E-state index >= 15 is 0 Å². The molecule has 1 aromatic heterocycles. The highest BCUT2D eigenvalue weighted by Gasteiger charge is 2.16. The van der Waals surface area contributed by atoms with Crippen molar-refractivity contribution in [3.63, 3.8) is 0 Å². The van der Waals surface area contributed by atoms with Gasteiger partial charge in [-0.1, -0.05) is 6.92 Å². The highest BCUT2D eigenvalue weighted by atomic mass is 16.5. The number of hydrogen-bond acceptors (Lipinski definition) is 3. The second-order valence-electron chi connectivity index (χ2n) is 5.39. The average molecular weight is 279 g/mol. The van der Waals surface area contributed by atoms with Gasteiger partial charge < -0.3 is 19.8 Å². The molecular formula is C15H25N3O2. The molecule has 1 saturated heterocycles. The first-order valence-electron chi connectivity index (χ1n) is 7.40. The zero-order chi connectivity index (χ0) is 14.2. The first-order valence-corrected chi connectivity index (χ1v) is 7.40. The topological polar surface area (TPSA) is 64.0 Å². The van der Waals surface area contributed by atoms with E-state index in [2.05, 4.69) is 16.8 Å². The highest BCUT2D eigenvalue weighted by Crippen LogP contribution is 2.15. The molecule has 0 unspecified atom stereocenters. The van der Waals surface area contributed by atoms with Gasteiger partial charge in [-0.2, -0.15) is 0 Å². The Balaban J connectivity index is 1.56. The molecule has 112 valence electrons. The van der Waals surface area contributed by atoms with Crippen LogP contribution < -0.4 is 5.73 Å². The Kier molecular flexibility index (Phi) is 5.92. The molecule has 0 saturated carbocycles. The largest absolute Gasteiger partial charge is 0.467 e. The third kappa shape index (κ3) is 4.89. The average Bonchev–Trinajstić information content (AvgIpc) is 2.96. The number of furan rings is 1. The minimum absolute atomic E-state index is 0.524. The van der Waals surface area contributed by atoms with Crippen molar-refractivity contribution in [3.05, 3.63) is 24.2 Å². The molecule has 5 nitrogen and oxygen atoms in total. The van der Waals surface area contributed by atoms with Crippen LogP contribution in [0.5, 0.6) is 0 Å². The molecule has 0 amide bonds. The lowest BCUT2D eigenvalue weighted by Crippen LogP contribution is -2.42. The second kappa shape index (κ2) is 7.94. The number of ether oxygens (including phenoxy) is 1. The van der Waals surface area contributed by atoms with Crippen LogP contribution in [0, 0.1) is 5.92 Å². The Hall–Kier alpha value is -1.49. The highest BCUT2D eigenvalue weighted by molar-refractivity contribution is 5.78. The summed E-state index contributed by atoms with van der Waals surface area (Å²) in [4.78, 5) is 6.61. The van der Waals surface area contributed by atoms with Crippen molar-refractivity contribution >= 4 is 5.96 Å². The number of hydrogen-bond donors (Lipinski definition) is 1. The van der Waals surface area contributed by atoms with Crippen LogP contribution >= 0.6 is 0 Å². The molecule has 1 aliphatic rings. The van der Waals surface area contributed by atoms with Gasteiger partial charge in [-0.05, 0) is 37.3 Å². The van der Waals surface area contributed by atoms with Gasteiger partial charge in [-0.3, -0.25) is 4.99 Å². The summed E-state index contributed by atoms with van der Waals surface area (Å²) >= 11 is 0. The Labute approximate surface area is 120 Å². The number of piperidine rings is 1. The van der Waals surface area contributed by atoms with E-state index in [1.54, 1.807) is 6.26 Å². The fourth-order valence-corrected chi connectivity index (χ4v) is 2.27.